The standard InChI is InChI=1S/C17H25N7O3/c18-15(25)17(23-9-2-1-3-10-23)6-11-22(12-7-17)16(19)21-14-13(24(26)27)5-4-8-20-14/h4-5,8H,1-3,6-7,9-12H2,(H2,18,25)(H2,19,20,21). The van der Waals surface area contributed by atoms with Gasteiger partial charge in [-0.2, -0.15) is 4.99 Å². The van der Waals surface area contributed by atoms with Crippen molar-refractivity contribution in [2.75, 3.05) is 26.2 Å². The van der Waals surface area contributed by atoms with E-state index in [1.165, 1.54) is 24.8 Å². The van der Waals surface area contributed by atoms with Crippen molar-refractivity contribution < 1.29 is 9.72 Å². The fourth-order valence-corrected chi connectivity index (χ4v) is 3.94. The van der Waals surface area contributed by atoms with Gasteiger partial charge in [0.15, 0.2) is 5.96 Å². The molecule has 1 amide bonds. The summed E-state index contributed by atoms with van der Waals surface area (Å²) >= 11 is 0. The van der Waals surface area contributed by atoms with Crippen LogP contribution in [0.3, 0.4) is 0 Å². The molecule has 2 fully saturated rings. The first-order valence-electron chi connectivity index (χ1n) is 9.17. The second kappa shape index (κ2) is 7.87. The molecule has 1 aromatic heterocycles. The number of nitrogens with two attached hydrogens (primary N) is 2. The smallest absolute Gasteiger partial charge is 0.313 e. The first-order chi connectivity index (χ1) is 12.9. The van der Waals surface area contributed by atoms with Crippen molar-refractivity contribution in [2.24, 2.45) is 16.5 Å². The molecule has 10 heteroatoms. The number of guanidine groups is 1. The number of aromatic nitrogens is 1. The van der Waals surface area contributed by atoms with E-state index in [0.29, 0.717) is 25.9 Å². The van der Waals surface area contributed by atoms with Gasteiger partial charge in [0, 0.05) is 25.4 Å². The summed E-state index contributed by atoms with van der Waals surface area (Å²) < 4.78 is 0. The van der Waals surface area contributed by atoms with E-state index in [0.717, 1.165) is 25.9 Å². The number of nitrogens with zero attached hydrogens (tertiary/aromatic N) is 5. The average Bonchev–Trinajstić information content (AvgIpc) is 2.68. The highest BCUT2D eigenvalue weighted by atomic mass is 16.6. The van der Waals surface area contributed by atoms with Crippen LogP contribution in [-0.2, 0) is 4.79 Å². The molecule has 0 atom stereocenters. The lowest BCUT2D eigenvalue weighted by Gasteiger charge is -2.48. The number of likely N-dealkylation sites (tertiary alicyclic amines) is 2. The summed E-state index contributed by atoms with van der Waals surface area (Å²) in [4.78, 5) is 35.0. The Kier molecular flexibility index (Phi) is 5.54. The number of piperidine rings is 2. The maximum Gasteiger partial charge on any atom is 0.313 e. The zero-order valence-corrected chi connectivity index (χ0v) is 15.2. The van der Waals surface area contributed by atoms with E-state index in [-0.39, 0.29) is 23.4 Å². The maximum atomic E-state index is 12.3. The first kappa shape index (κ1) is 19.0. The molecule has 4 N–H and O–H groups in total. The van der Waals surface area contributed by atoms with E-state index in [4.69, 9.17) is 11.5 Å². The van der Waals surface area contributed by atoms with Crippen molar-refractivity contribution in [1.82, 2.24) is 14.8 Å². The Hall–Kier alpha value is -2.75. The van der Waals surface area contributed by atoms with Crippen molar-refractivity contribution in [3.8, 4) is 0 Å². The Morgan fingerprint density at radius 1 is 1.19 bits per heavy atom. The summed E-state index contributed by atoms with van der Waals surface area (Å²) in [5, 5.41) is 11.1. The van der Waals surface area contributed by atoms with Gasteiger partial charge < -0.3 is 16.4 Å². The van der Waals surface area contributed by atoms with Crippen LogP contribution >= 0.6 is 0 Å². The third-order valence-electron chi connectivity index (χ3n) is 5.52. The van der Waals surface area contributed by atoms with Crippen molar-refractivity contribution in [1.29, 1.82) is 0 Å². The van der Waals surface area contributed by atoms with Crippen molar-refractivity contribution in [3.63, 3.8) is 0 Å². The van der Waals surface area contributed by atoms with E-state index in [1.807, 2.05) is 4.90 Å². The third-order valence-corrected chi connectivity index (χ3v) is 5.52. The summed E-state index contributed by atoms with van der Waals surface area (Å²) in [5.41, 5.74) is 11.0. The van der Waals surface area contributed by atoms with E-state index in [1.54, 1.807) is 0 Å². The van der Waals surface area contributed by atoms with Gasteiger partial charge in [0.1, 0.15) is 5.54 Å². The lowest BCUT2D eigenvalue weighted by Crippen LogP contribution is -2.64. The number of pyridine rings is 1. The molecule has 0 unspecified atom stereocenters. The summed E-state index contributed by atoms with van der Waals surface area (Å²) in [7, 11) is 0. The highest BCUT2D eigenvalue weighted by Gasteiger charge is 2.45. The van der Waals surface area contributed by atoms with Crippen LogP contribution in [0.1, 0.15) is 32.1 Å². The molecule has 0 saturated carbocycles. The molecule has 2 aliphatic heterocycles. The first-order valence-corrected chi connectivity index (χ1v) is 9.17. The topological polar surface area (TPSA) is 144 Å². The van der Waals surface area contributed by atoms with Crippen molar-refractivity contribution >= 4 is 23.4 Å². The summed E-state index contributed by atoms with van der Waals surface area (Å²) in [5.74, 6) is -0.156. The van der Waals surface area contributed by atoms with Gasteiger partial charge in [-0.3, -0.25) is 19.8 Å². The molecular formula is C17H25N7O3. The van der Waals surface area contributed by atoms with E-state index >= 15 is 0 Å². The van der Waals surface area contributed by atoms with E-state index in [2.05, 4.69) is 14.9 Å². The Balaban J connectivity index is 1.74. The Labute approximate surface area is 157 Å². The minimum Gasteiger partial charge on any atom is -0.369 e. The Bertz CT molecular complexity index is 738. The van der Waals surface area contributed by atoms with Crippen LogP contribution in [0.25, 0.3) is 0 Å². The van der Waals surface area contributed by atoms with E-state index in [9.17, 15) is 14.9 Å². The van der Waals surface area contributed by atoms with Crippen LogP contribution in [0.2, 0.25) is 0 Å². The van der Waals surface area contributed by atoms with Crippen LogP contribution in [-0.4, -0.2) is 63.3 Å². The second-order valence-corrected chi connectivity index (χ2v) is 7.00. The highest BCUT2D eigenvalue weighted by molar-refractivity contribution is 5.86. The van der Waals surface area contributed by atoms with Gasteiger partial charge in [0.25, 0.3) is 0 Å². The van der Waals surface area contributed by atoms with Gasteiger partial charge in [-0.1, -0.05) is 6.42 Å². The summed E-state index contributed by atoms with van der Waals surface area (Å²) in [6.07, 6.45) is 5.88. The predicted octanol–water partition coefficient (Wildman–Crippen LogP) is 0.742. The van der Waals surface area contributed by atoms with Gasteiger partial charge in [-0.05, 0) is 44.8 Å². The lowest BCUT2D eigenvalue weighted by atomic mass is 9.83. The number of carbonyl (C=O) groups excluding carboxylic acids is 1. The average molecular weight is 375 g/mol. The number of rotatable bonds is 4. The summed E-state index contributed by atoms with van der Waals surface area (Å²) in [6.45, 7) is 2.78. The van der Waals surface area contributed by atoms with Gasteiger partial charge in [0.05, 0.1) is 4.92 Å². The zero-order valence-electron chi connectivity index (χ0n) is 15.2. The number of carbonyl (C=O) groups is 1. The van der Waals surface area contributed by atoms with Crippen LogP contribution in [0.4, 0.5) is 11.5 Å². The quantitative estimate of drug-likeness (QED) is 0.342. The van der Waals surface area contributed by atoms with Gasteiger partial charge in [0.2, 0.25) is 11.7 Å². The number of hydrogen-bond acceptors (Lipinski definition) is 6. The minimum absolute atomic E-state index is 0.0252. The molecule has 10 nitrogen and oxygen atoms in total. The number of hydrogen-bond donors (Lipinski definition) is 2. The molecule has 0 aromatic carbocycles. The second-order valence-electron chi connectivity index (χ2n) is 7.00. The molecule has 2 saturated heterocycles. The molecule has 27 heavy (non-hydrogen) atoms. The number of nitro groups is 1. The monoisotopic (exact) mass is 375 g/mol. The normalized spacial score (nSPS) is 21.0. The number of aliphatic imine (C=N–C) groups is 1. The molecule has 146 valence electrons. The Morgan fingerprint density at radius 2 is 1.85 bits per heavy atom. The molecule has 0 aliphatic carbocycles. The minimum atomic E-state index is -0.645. The molecule has 3 heterocycles. The number of amides is 1. The Morgan fingerprint density at radius 3 is 2.44 bits per heavy atom. The van der Waals surface area contributed by atoms with Crippen LogP contribution in [0.15, 0.2) is 23.3 Å². The number of primary amides is 1. The SMILES string of the molecule is NC(=O)C1(N2CCCCC2)CCN(/C(N)=N/c2ncccc2[N+](=O)[O-])CC1. The molecule has 2 aliphatic rings. The van der Waals surface area contributed by atoms with Gasteiger partial charge in [-0.15, -0.1) is 0 Å². The molecule has 0 radical (unpaired) electrons. The third kappa shape index (κ3) is 3.85. The molecule has 0 spiro atoms. The molecule has 3 rings (SSSR count). The largest absolute Gasteiger partial charge is 0.369 e. The van der Waals surface area contributed by atoms with Crippen LogP contribution in [0, 0.1) is 10.1 Å². The van der Waals surface area contributed by atoms with Crippen LogP contribution in [0.5, 0.6) is 0 Å². The lowest BCUT2D eigenvalue weighted by molar-refractivity contribution is -0.384. The van der Waals surface area contributed by atoms with Gasteiger partial charge >= 0.3 is 5.69 Å². The van der Waals surface area contributed by atoms with Crippen LogP contribution < -0.4 is 11.5 Å². The fourth-order valence-electron chi connectivity index (χ4n) is 3.94. The zero-order chi connectivity index (χ0) is 19.4. The molecule has 1 aromatic rings. The highest BCUT2D eigenvalue weighted by Crippen LogP contribution is 2.32. The van der Waals surface area contributed by atoms with Crippen molar-refractivity contribution in [2.45, 2.75) is 37.6 Å². The van der Waals surface area contributed by atoms with Gasteiger partial charge in [-0.25, -0.2) is 4.98 Å². The fraction of sp³-hybridized carbons (Fsp3) is 0.588. The summed E-state index contributed by atoms with van der Waals surface area (Å²) in [6, 6.07) is 2.82. The van der Waals surface area contributed by atoms with Crippen molar-refractivity contribution in [3.05, 3.63) is 28.4 Å². The molecule has 0 bridgehead atoms. The van der Waals surface area contributed by atoms with E-state index < -0.39 is 10.5 Å². The predicted molar refractivity (Wildman–Crippen MR) is 100 cm³/mol. The maximum absolute atomic E-state index is 12.3. The molecular weight excluding hydrogens is 350 g/mol.